The van der Waals surface area contributed by atoms with E-state index in [1.807, 2.05) is 0 Å². The number of thioether (sulfide) groups is 1. The standard InChI is InChI=1S/C21H23N3O4S2/c1-14-9-11-24(12-10-14)21(26)19-20(25)22-17-13-16(7-8-18(17)29-19)30(27,28)23-15-5-3-2-4-6-15/h2-8,13-14,19,23H,9-12H2,1H3,(H,22,25)/t19-/m1/s1. The molecule has 158 valence electrons. The van der Waals surface area contributed by atoms with Gasteiger partial charge < -0.3 is 10.2 Å². The number of rotatable bonds is 4. The SMILES string of the molecule is CC1CCN(C(=O)[C@@H]2Sc3ccc(S(=O)(=O)Nc4ccccc4)cc3NC2=O)CC1. The van der Waals surface area contributed by atoms with Gasteiger partial charge in [-0.05, 0) is 49.1 Å². The van der Waals surface area contributed by atoms with Crippen LogP contribution in [0.2, 0.25) is 0 Å². The summed E-state index contributed by atoms with van der Waals surface area (Å²) < 4.78 is 27.9. The van der Waals surface area contributed by atoms with E-state index in [0.29, 0.717) is 35.3 Å². The number of fused-ring (bicyclic) bond motifs is 1. The second kappa shape index (κ2) is 8.31. The smallest absolute Gasteiger partial charge is 0.261 e. The number of sulfonamides is 1. The number of piperidine rings is 1. The summed E-state index contributed by atoms with van der Waals surface area (Å²) in [5.41, 5.74) is 0.854. The van der Waals surface area contributed by atoms with Crippen molar-refractivity contribution in [3.8, 4) is 0 Å². The Morgan fingerprint density at radius 3 is 2.53 bits per heavy atom. The van der Waals surface area contributed by atoms with Crippen molar-refractivity contribution in [3.05, 3.63) is 48.5 Å². The van der Waals surface area contributed by atoms with Crippen molar-refractivity contribution < 1.29 is 18.0 Å². The molecule has 2 N–H and O–H groups in total. The fraction of sp³-hybridized carbons (Fsp3) is 0.333. The molecule has 2 aliphatic rings. The number of anilines is 2. The Morgan fingerprint density at radius 2 is 1.83 bits per heavy atom. The van der Waals surface area contributed by atoms with Gasteiger partial charge in [-0.15, -0.1) is 11.8 Å². The molecule has 0 aromatic heterocycles. The molecule has 1 atom stereocenters. The number of para-hydroxylation sites is 1. The van der Waals surface area contributed by atoms with E-state index < -0.39 is 21.2 Å². The summed E-state index contributed by atoms with van der Waals surface area (Å²) >= 11 is 1.17. The van der Waals surface area contributed by atoms with Crippen molar-refractivity contribution >= 4 is 45.0 Å². The molecule has 0 bridgehead atoms. The van der Waals surface area contributed by atoms with Crippen molar-refractivity contribution in [2.45, 2.75) is 34.8 Å². The van der Waals surface area contributed by atoms with E-state index in [1.165, 1.54) is 23.9 Å². The van der Waals surface area contributed by atoms with Gasteiger partial charge in [0.2, 0.25) is 11.8 Å². The summed E-state index contributed by atoms with van der Waals surface area (Å²) in [6.07, 6.45) is 1.88. The summed E-state index contributed by atoms with van der Waals surface area (Å²) in [6.45, 7) is 3.50. The van der Waals surface area contributed by atoms with Crippen molar-refractivity contribution in [2.75, 3.05) is 23.1 Å². The molecule has 0 unspecified atom stereocenters. The van der Waals surface area contributed by atoms with Crippen LogP contribution in [0.5, 0.6) is 0 Å². The number of carbonyl (C=O) groups excluding carboxylic acids is 2. The van der Waals surface area contributed by atoms with Crippen molar-refractivity contribution in [3.63, 3.8) is 0 Å². The van der Waals surface area contributed by atoms with Crippen LogP contribution in [0.1, 0.15) is 19.8 Å². The molecule has 0 saturated carbocycles. The topological polar surface area (TPSA) is 95.6 Å². The lowest BCUT2D eigenvalue weighted by atomic mass is 9.99. The monoisotopic (exact) mass is 445 g/mol. The highest BCUT2D eigenvalue weighted by Gasteiger charge is 2.37. The first-order chi connectivity index (χ1) is 14.3. The van der Waals surface area contributed by atoms with Crippen LogP contribution in [0.25, 0.3) is 0 Å². The maximum Gasteiger partial charge on any atom is 0.261 e. The predicted molar refractivity (Wildman–Crippen MR) is 117 cm³/mol. The molecule has 30 heavy (non-hydrogen) atoms. The third kappa shape index (κ3) is 4.32. The number of carbonyl (C=O) groups is 2. The van der Waals surface area contributed by atoms with Gasteiger partial charge in [0.1, 0.15) is 0 Å². The molecule has 1 fully saturated rings. The molecule has 4 rings (SSSR count). The average Bonchev–Trinajstić information content (AvgIpc) is 2.73. The number of hydrogen-bond acceptors (Lipinski definition) is 5. The third-order valence-electron chi connectivity index (χ3n) is 5.35. The van der Waals surface area contributed by atoms with Crippen molar-refractivity contribution in [2.24, 2.45) is 5.92 Å². The van der Waals surface area contributed by atoms with E-state index >= 15 is 0 Å². The largest absolute Gasteiger partial charge is 0.341 e. The molecular formula is C21H23N3O4S2. The van der Waals surface area contributed by atoms with E-state index in [0.717, 1.165) is 12.8 Å². The zero-order valence-electron chi connectivity index (χ0n) is 16.5. The molecule has 0 radical (unpaired) electrons. The first-order valence-corrected chi connectivity index (χ1v) is 12.2. The Kier molecular flexibility index (Phi) is 5.75. The third-order valence-corrected chi connectivity index (χ3v) is 7.99. The van der Waals surface area contributed by atoms with Gasteiger partial charge in [0, 0.05) is 23.7 Å². The predicted octanol–water partition coefficient (Wildman–Crippen LogP) is 3.16. The van der Waals surface area contributed by atoms with Gasteiger partial charge in [0.05, 0.1) is 10.6 Å². The minimum atomic E-state index is -3.80. The number of likely N-dealkylation sites (tertiary alicyclic amines) is 1. The van der Waals surface area contributed by atoms with Crippen LogP contribution in [0, 0.1) is 5.92 Å². The van der Waals surface area contributed by atoms with Crippen LogP contribution in [0.15, 0.2) is 58.3 Å². The lowest BCUT2D eigenvalue weighted by Gasteiger charge is -2.33. The molecule has 9 heteroatoms. The van der Waals surface area contributed by atoms with Gasteiger partial charge in [0.25, 0.3) is 10.0 Å². The van der Waals surface area contributed by atoms with Gasteiger partial charge in [-0.1, -0.05) is 25.1 Å². The maximum absolute atomic E-state index is 12.8. The Hall–Kier alpha value is -2.52. The average molecular weight is 446 g/mol. The Labute approximate surface area is 180 Å². The Balaban J connectivity index is 1.52. The van der Waals surface area contributed by atoms with Gasteiger partial charge in [-0.3, -0.25) is 14.3 Å². The highest BCUT2D eigenvalue weighted by molar-refractivity contribution is 8.01. The second-order valence-electron chi connectivity index (χ2n) is 7.62. The summed E-state index contributed by atoms with van der Waals surface area (Å²) in [4.78, 5) is 27.9. The molecular weight excluding hydrogens is 422 g/mol. The number of benzene rings is 2. The number of nitrogens with zero attached hydrogens (tertiary/aromatic N) is 1. The minimum Gasteiger partial charge on any atom is -0.341 e. The first-order valence-electron chi connectivity index (χ1n) is 9.82. The van der Waals surface area contributed by atoms with Crippen LogP contribution in [0.3, 0.4) is 0 Å². The second-order valence-corrected chi connectivity index (χ2v) is 10.5. The van der Waals surface area contributed by atoms with E-state index in [2.05, 4.69) is 17.0 Å². The fourth-order valence-corrected chi connectivity index (χ4v) is 5.67. The molecule has 2 amide bonds. The van der Waals surface area contributed by atoms with Crippen LogP contribution in [0.4, 0.5) is 11.4 Å². The molecule has 1 saturated heterocycles. The number of nitrogens with one attached hydrogen (secondary N) is 2. The van der Waals surface area contributed by atoms with Crippen LogP contribution >= 0.6 is 11.8 Å². The number of hydrogen-bond donors (Lipinski definition) is 2. The lowest BCUT2D eigenvalue weighted by Crippen LogP contribution is -2.47. The summed E-state index contributed by atoms with van der Waals surface area (Å²) in [7, 11) is -3.80. The van der Waals surface area contributed by atoms with Gasteiger partial charge in [-0.25, -0.2) is 8.42 Å². The van der Waals surface area contributed by atoms with Crippen LogP contribution < -0.4 is 10.0 Å². The fourth-order valence-electron chi connectivity index (χ4n) is 3.53. The highest BCUT2D eigenvalue weighted by Crippen LogP contribution is 2.38. The van der Waals surface area contributed by atoms with Gasteiger partial charge in [-0.2, -0.15) is 0 Å². The van der Waals surface area contributed by atoms with Gasteiger partial charge >= 0.3 is 0 Å². The first kappa shape index (κ1) is 20.7. The lowest BCUT2D eigenvalue weighted by molar-refractivity contribution is -0.135. The zero-order chi connectivity index (χ0) is 21.3. The van der Waals surface area contributed by atoms with Crippen LogP contribution in [-0.4, -0.2) is 43.5 Å². The molecule has 2 aromatic carbocycles. The highest BCUT2D eigenvalue weighted by atomic mass is 32.2. The minimum absolute atomic E-state index is 0.0424. The summed E-state index contributed by atoms with van der Waals surface area (Å²) in [6, 6.07) is 13.1. The molecule has 7 nitrogen and oxygen atoms in total. The zero-order valence-corrected chi connectivity index (χ0v) is 18.1. The quantitative estimate of drug-likeness (QED) is 0.705. The Morgan fingerprint density at radius 1 is 1.13 bits per heavy atom. The molecule has 0 spiro atoms. The van der Waals surface area contributed by atoms with Crippen molar-refractivity contribution in [1.82, 2.24) is 4.90 Å². The number of amides is 2. The van der Waals surface area contributed by atoms with Crippen molar-refractivity contribution in [1.29, 1.82) is 0 Å². The summed E-state index contributed by atoms with van der Waals surface area (Å²) in [5, 5.41) is 1.86. The Bertz CT molecular complexity index is 1060. The van der Waals surface area contributed by atoms with E-state index in [9.17, 15) is 18.0 Å². The maximum atomic E-state index is 12.8. The van der Waals surface area contributed by atoms with Crippen LogP contribution in [-0.2, 0) is 19.6 Å². The van der Waals surface area contributed by atoms with E-state index in [-0.39, 0.29) is 10.8 Å². The molecule has 2 aliphatic heterocycles. The van der Waals surface area contributed by atoms with E-state index in [4.69, 9.17) is 0 Å². The van der Waals surface area contributed by atoms with E-state index in [1.54, 1.807) is 41.3 Å². The molecule has 2 aromatic rings. The van der Waals surface area contributed by atoms with Gasteiger partial charge in [0.15, 0.2) is 5.25 Å². The molecule has 2 heterocycles. The molecule has 0 aliphatic carbocycles. The normalized spacial score (nSPS) is 19.7. The summed E-state index contributed by atoms with van der Waals surface area (Å²) in [5.74, 6) is -0.00772.